The van der Waals surface area contributed by atoms with Crippen molar-refractivity contribution >= 4 is 40.5 Å². The Morgan fingerprint density at radius 1 is 0.969 bits per heavy atom. The number of nitrogens with zero attached hydrogens (tertiary/aromatic N) is 2. The van der Waals surface area contributed by atoms with Gasteiger partial charge in [0.1, 0.15) is 11.8 Å². The molecule has 3 aromatic rings. The van der Waals surface area contributed by atoms with Crippen LogP contribution in [0, 0.1) is 0 Å². The van der Waals surface area contributed by atoms with Gasteiger partial charge in [0.15, 0.2) is 5.11 Å². The number of hydrogen-bond acceptors (Lipinski definition) is 4. The molecule has 0 aromatic heterocycles. The normalized spacial score (nSPS) is 15.7. The van der Waals surface area contributed by atoms with E-state index in [9.17, 15) is 9.59 Å². The lowest BCUT2D eigenvalue weighted by molar-refractivity contribution is -0.124. The van der Waals surface area contributed by atoms with E-state index in [0.29, 0.717) is 23.0 Å². The maximum Gasteiger partial charge on any atom is 0.256 e. The van der Waals surface area contributed by atoms with Gasteiger partial charge in [-0.1, -0.05) is 48.5 Å². The topological polar surface area (TPSA) is 61.9 Å². The fourth-order valence-corrected chi connectivity index (χ4v) is 4.05. The molecule has 1 fully saturated rings. The highest BCUT2D eigenvalue weighted by Crippen LogP contribution is 2.29. The number of carbonyl (C=O) groups excluding carboxylic acids is 2. The van der Waals surface area contributed by atoms with Gasteiger partial charge in [0.05, 0.1) is 19.2 Å². The second-order valence-corrected chi connectivity index (χ2v) is 7.77. The molecular formula is C25H23N3O3S. The van der Waals surface area contributed by atoms with Crippen LogP contribution in [0.2, 0.25) is 0 Å². The van der Waals surface area contributed by atoms with E-state index >= 15 is 0 Å². The number of nitrogens with one attached hydrogen (secondary N) is 1. The first-order chi connectivity index (χ1) is 15.6. The first kappa shape index (κ1) is 21.5. The maximum atomic E-state index is 13.4. The monoisotopic (exact) mass is 445 g/mol. The molecular weight excluding hydrogens is 422 g/mol. The molecule has 2 amide bonds. The standard InChI is InChI=1S/C25H23N3O3S/c1-31-21-14-12-18(13-15-21)17-27-22(16-23(29)26-19-8-4-2-5-9-19)24(30)28(25(27)32)20-10-6-3-7-11-20/h2-15,22H,16-17H2,1H3,(H,26,29)/t22-/m0/s1. The van der Waals surface area contributed by atoms with E-state index in [4.69, 9.17) is 17.0 Å². The third-order valence-corrected chi connectivity index (χ3v) is 5.70. The van der Waals surface area contributed by atoms with Crippen molar-refractivity contribution in [3.05, 3.63) is 90.5 Å². The minimum Gasteiger partial charge on any atom is -0.497 e. The Morgan fingerprint density at radius 2 is 1.59 bits per heavy atom. The lowest BCUT2D eigenvalue weighted by atomic mass is 10.1. The molecule has 162 valence electrons. The summed E-state index contributed by atoms with van der Waals surface area (Å²) in [4.78, 5) is 29.5. The summed E-state index contributed by atoms with van der Waals surface area (Å²) in [7, 11) is 1.61. The van der Waals surface area contributed by atoms with Crippen molar-refractivity contribution in [2.75, 3.05) is 17.3 Å². The van der Waals surface area contributed by atoms with E-state index in [1.807, 2.05) is 89.8 Å². The van der Waals surface area contributed by atoms with E-state index < -0.39 is 6.04 Å². The summed E-state index contributed by atoms with van der Waals surface area (Å²) < 4.78 is 5.23. The molecule has 1 heterocycles. The van der Waals surface area contributed by atoms with Crippen molar-refractivity contribution in [1.29, 1.82) is 0 Å². The van der Waals surface area contributed by atoms with Crippen LogP contribution in [-0.4, -0.2) is 35.0 Å². The van der Waals surface area contributed by atoms with Gasteiger partial charge in [0, 0.05) is 12.2 Å². The van der Waals surface area contributed by atoms with Crippen molar-refractivity contribution in [1.82, 2.24) is 4.90 Å². The van der Waals surface area contributed by atoms with Gasteiger partial charge in [-0.3, -0.25) is 14.5 Å². The zero-order chi connectivity index (χ0) is 22.5. The molecule has 3 aromatic carbocycles. The van der Waals surface area contributed by atoms with Crippen molar-refractivity contribution in [3.63, 3.8) is 0 Å². The minimum atomic E-state index is -0.700. The Bertz CT molecular complexity index is 1100. The van der Waals surface area contributed by atoms with Crippen LogP contribution in [0.3, 0.4) is 0 Å². The smallest absolute Gasteiger partial charge is 0.256 e. The van der Waals surface area contributed by atoms with Gasteiger partial charge in [-0.2, -0.15) is 0 Å². The number of para-hydroxylation sites is 2. The number of ether oxygens (including phenoxy) is 1. The van der Waals surface area contributed by atoms with Crippen LogP contribution >= 0.6 is 12.2 Å². The van der Waals surface area contributed by atoms with Crippen LogP contribution in [-0.2, 0) is 16.1 Å². The molecule has 0 aliphatic carbocycles. The molecule has 32 heavy (non-hydrogen) atoms. The third-order valence-electron chi connectivity index (χ3n) is 5.28. The van der Waals surface area contributed by atoms with Crippen LogP contribution in [0.15, 0.2) is 84.9 Å². The molecule has 6 nitrogen and oxygen atoms in total. The molecule has 0 spiro atoms. The van der Waals surface area contributed by atoms with Crippen molar-refractivity contribution in [2.24, 2.45) is 0 Å². The Morgan fingerprint density at radius 3 is 2.22 bits per heavy atom. The molecule has 0 bridgehead atoms. The van der Waals surface area contributed by atoms with Crippen LogP contribution in [0.25, 0.3) is 0 Å². The number of anilines is 2. The van der Waals surface area contributed by atoms with Crippen molar-refractivity contribution in [3.8, 4) is 5.75 Å². The maximum absolute atomic E-state index is 13.4. The van der Waals surface area contributed by atoms with Crippen molar-refractivity contribution in [2.45, 2.75) is 19.0 Å². The second kappa shape index (κ2) is 9.62. The molecule has 1 aliphatic heterocycles. The van der Waals surface area contributed by atoms with Crippen LogP contribution in [0.1, 0.15) is 12.0 Å². The zero-order valence-corrected chi connectivity index (χ0v) is 18.4. The number of benzene rings is 3. The van der Waals surface area contributed by atoms with Gasteiger partial charge in [-0.15, -0.1) is 0 Å². The number of amides is 2. The average Bonchev–Trinajstić information content (AvgIpc) is 3.04. The molecule has 1 aliphatic rings. The van der Waals surface area contributed by atoms with E-state index in [1.165, 1.54) is 4.90 Å². The molecule has 1 N–H and O–H groups in total. The van der Waals surface area contributed by atoms with E-state index in [2.05, 4.69) is 5.32 Å². The highest BCUT2D eigenvalue weighted by molar-refractivity contribution is 7.80. The molecule has 4 rings (SSSR count). The van der Waals surface area contributed by atoms with Gasteiger partial charge >= 0.3 is 0 Å². The fourth-order valence-electron chi connectivity index (χ4n) is 3.67. The SMILES string of the molecule is COc1ccc(CN2C(=S)N(c3ccccc3)C(=O)[C@@H]2CC(=O)Nc2ccccc2)cc1. The van der Waals surface area contributed by atoms with Crippen molar-refractivity contribution < 1.29 is 14.3 Å². The Balaban J connectivity index is 1.59. The Hall–Kier alpha value is -3.71. The summed E-state index contributed by atoms with van der Waals surface area (Å²) in [6.45, 7) is 0.404. The van der Waals surface area contributed by atoms with Gasteiger partial charge in [0.2, 0.25) is 5.91 Å². The molecule has 1 saturated heterocycles. The van der Waals surface area contributed by atoms with Gasteiger partial charge in [-0.05, 0) is 54.2 Å². The van der Waals surface area contributed by atoms with Crippen LogP contribution in [0.5, 0.6) is 5.75 Å². The summed E-state index contributed by atoms with van der Waals surface area (Å²) in [5.41, 5.74) is 2.34. The third kappa shape index (κ3) is 4.63. The van der Waals surface area contributed by atoms with Gasteiger partial charge in [-0.25, -0.2) is 0 Å². The van der Waals surface area contributed by atoms with Crippen LogP contribution in [0.4, 0.5) is 11.4 Å². The lowest BCUT2D eigenvalue weighted by Crippen LogP contribution is -2.37. The van der Waals surface area contributed by atoms with E-state index in [1.54, 1.807) is 7.11 Å². The number of thiocarbonyl (C=S) groups is 1. The molecule has 0 radical (unpaired) electrons. The predicted octanol–water partition coefficient (Wildman–Crippen LogP) is 4.23. The highest BCUT2D eigenvalue weighted by Gasteiger charge is 2.44. The first-order valence-electron chi connectivity index (χ1n) is 10.2. The number of methoxy groups -OCH3 is 1. The molecule has 0 saturated carbocycles. The Labute approximate surface area is 192 Å². The first-order valence-corrected chi connectivity index (χ1v) is 10.6. The fraction of sp³-hybridized carbons (Fsp3) is 0.160. The van der Waals surface area contributed by atoms with Crippen LogP contribution < -0.4 is 15.0 Å². The number of carbonyl (C=O) groups is 2. The number of rotatable bonds is 7. The average molecular weight is 446 g/mol. The van der Waals surface area contributed by atoms with E-state index in [0.717, 1.165) is 11.3 Å². The summed E-state index contributed by atoms with van der Waals surface area (Å²) in [6.07, 6.45) is -0.00659. The Kier molecular flexibility index (Phi) is 6.47. The lowest BCUT2D eigenvalue weighted by Gasteiger charge is -2.24. The summed E-state index contributed by atoms with van der Waals surface area (Å²) >= 11 is 5.70. The predicted molar refractivity (Wildman–Crippen MR) is 129 cm³/mol. The minimum absolute atomic E-state index is 0.00659. The quantitative estimate of drug-likeness (QED) is 0.552. The second-order valence-electron chi connectivity index (χ2n) is 7.40. The van der Waals surface area contributed by atoms with Gasteiger partial charge < -0.3 is 15.0 Å². The van der Waals surface area contributed by atoms with E-state index in [-0.39, 0.29) is 18.2 Å². The van der Waals surface area contributed by atoms with Gasteiger partial charge in [0.25, 0.3) is 5.91 Å². The summed E-state index contributed by atoms with van der Waals surface area (Å²) in [6, 6.07) is 25.3. The summed E-state index contributed by atoms with van der Waals surface area (Å²) in [5.74, 6) is 0.295. The molecule has 7 heteroatoms. The highest BCUT2D eigenvalue weighted by atomic mass is 32.1. The molecule has 0 unspecified atom stereocenters. The zero-order valence-electron chi connectivity index (χ0n) is 17.6. The number of hydrogen-bond donors (Lipinski definition) is 1. The largest absolute Gasteiger partial charge is 0.497 e. The summed E-state index contributed by atoms with van der Waals surface area (Å²) in [5, 5.41) is 3.25. The molecule has 1 atom stereocenters.